The van der Waals surface area contributed by atoms with Crippen LogP contribution < -0.4 is 15.0 Å². The van der Waals surface area contributed by atoms with Gasteiger partial charge in [-0.15, -0.1) is 0 Å². The van der Waals surface area contributed by atoms with Crippen LogP contribution in [0.5, 0.6) is 5.75 Å². The first-order valence-electron chi connectivity index (χ1n) is 8.45. The number of amides is 2. The Morgan fingerprint density at radius 1 is 1.20 bits per heavy atom. The van der Waals surface area contributed by atoms with Gasteiger partial charge in [0.2, 0.25) is 11.8 Å². The molecule has 0 radical (unpaired) electrons. The predicted molar refractivity (Wildman–Crippen MR) is 97.9 cm³/mol. The highest BCUT2D eigenvalue weighted by molar-refractivity contribution is 6.04. The highest BCUT2D eigenvalue weighted by Crippen LogP contribution is 2.33. The monoisotopic (exact) mass is 338 g/mol. The Balaban J connectivity index is 1.70. The first kappa shape index (κ1) is 17.0. The fourth-order valence-electron chi connectivity index (χ4n) is 3.04. The van der Waals surface area contributed by atoms with Gasteiger partial charge in [0.1, 0.15) is 5.75 Å². The molecular weight excluding hydrogens is 316 g/mol. The summed E-state index contributed by atoms with van der Waals surface area (Å²) < 4.78 is 5.32. The smallest absolute Gasteiger partial charge is 0.229 e. The fourth-order valence-corrected chi connectivity index (χ4v) is 3.04. The molecule has 2 aromatic rings. The largest absolute Gasteiger partial charge is 0.495 e. The maximum atomic E-state index is 12.5. The Morgan fingerprint density at radius 3 is 2.60 bits per heavy atom. The summed E-state index contributed by atoms with van der Waals surface area (Å²) in [4.78, 5) is 26.5. The first-order chi connectivity index (χ1) is 12.1. The number of methoxy groups -OCH3 is 1. The Labute approximate surface area is 147 Å². The molecule has 1 saturated heterocycles. The van der Waals surface area contributed by atoms with Crippen LogP contribution in [-0.2, 0) is 16.0 Å². The summed E-state index contributed by atoms with van der Waals surface area (Å²) in [6.45, 7) is 2.45. The second-order valence-electron chi connectivity index (χ2n) is 6.12. The minimum absolute atomic E-state index is 0.0639. The molecule has 0 aromatic heterocycles. The van der Waals surface area contributed by atoms with Crippen molar-refractivity contribution in [3.05, 3.63) is 54.1 Å². The Bertz CT molecular complexity index is 771. The summed E-state index contributed by atoms with van der Waals surface area (Å²) >= 11 is 0. The zero-order valence-electron chi connectivity index (χ0n) is 14.5. The number of hydrogen-bond acceptors (Lipinski definition) is 3. The van der Waals surface area contributed by atoms with E-state index in [-0.39, 0.29) is 24.2 Å². The van der Waals surface area contributed by atoms with Gasteiger partial charge in [-0.25, -0.2) is 0 Å². The lowest BCUT2D eigenvalue weighted by molar-refractivity contribution is -0.122. The number of rotatable bonds is 5. The van der Waals surface area contributed by atoms with Gasteiger partial charge < -0.3 is 15.0 Å². The molecule has 1 heterocycles. The van der Waals surface area contributed by atoms with Crippen molar-refractivity contribution in [2.75, 3.05) is 23.9 Å². The molecule has 2 amide bonds. The topological polar surface area (TPSA) is 58.6 Å². The lowest BCUT2D eigenvalue weighted by Gasteiger charge is -2.19. The maximum absolute atomic E-state index is 12.5. The molecule has 1 N–H and O–H groups in total. The molecule has 3 rings (SSSR count). The number of anilines is 2. The molecule has 0 unspecified atom stereocenters. The zero-order valence-corrected chi connectivity index (χ0v) is 14.5. The molecule has 1 aliphatic rings. The molecule has 0 spiro atoms. The molecule has 5 nitrogen and oxygen atoms in total. The fraction of sp³-hybridized carbons (Fsp3) is 0.300. The van der Waals surface area contributed by atoms with Crippen LogP contribution in [0.15, 0.2) is 48.5 Å². The van der Waals surface area contributed by atoms with Crippen LogP contribution in [0.2, 0.25) is 0 Å². The summed E-state index contributed by atoms with van der Waals surface area (Å²) in [5.41, 5.74) is 2.68. The Hall–Kier alpha value is -2.82. The average Bonchev–Trinajstić information content (AvgIpc) is 3.04. The van der Waals surface area contributed by atoms with Crippen LogP contribution in [0.3, 0.4) is 0 Å². The van der Waals surface area contributed by atoms with Crippen molar-refractivity contribution in [1.82, 2.24) is 0 Å². The standard InChI is InChI=1S/C20H22N2O3/c1-3-14-8-10-16(11-9-14)21-20(24)15-12-19(23)22(13-15)17-6-4-5-7-18(17)25-2/h4-11,15H,3,12-13H2,1-2H3,(H,21,24)/t15-/m0/s1. The van der Waals surface area contributed by atoms with Crippen molar-refractivity contribution < 1.29 is 14.3 Å². The molecule has 0 bridgehead atoms. The Kier molecular flexibility index (Phi) is 5.03. The number of para-hydroxylation sites is 2. The van der Waals surface area contributed by atoms with E-state index in [0.717, 1.165) is 12.1 Å². The number of carbonyl (C=O) groups excluding carboxylic acids is 2. The van der Waals surface area contributed by atoms with Gasteiger partial charge in [-0.2, -0.15) is 0 Å². The molecule has 1 fully saturated rings. The van der Waals surface area contributed by atoms with Gasteiger partial charge in [0.15, 0.2) is 0 Å². The quantitative estimate of drug-likeness (QED) is 0.910. The van der Waals surface area contributed by atoms with E-state index in [1.807, 2.05) is 48.5 Å². The molecule has 25 heavy (non-hydrogen) atoms. The third-order valence-electron chi connectivity index (χ3n) is 4.50. The molecule has 1 atom stereocenters. The van der Waals surface area contributed by atoms with Crippen LogP contribution in [0.1, 0.15) is 18.9 Å². The van der Waals surface area contributed by atoms with E-state index in [4.69, 9.17) is 4.74 Å². The van der Waals surface area contributed by atoms with E-state index >= 15 is 0 Å². The highest BCUT2D eigenvalue weighted by Gasteiger charge is 2.36. The van der Waals surface area contributed by atoms with E-state index in [0.29, 0.717) is 18.0 Å². The van der Waals surface area contributed by atoms with Crippen LogP contribution in [0.25, 0.3) is 0 Å². The van der Waals surface area contributed by atoms with E-state index in [1.165, 1.54) is 5.56 Å². The summed E-state index contributed by atoms with van der Waals surface area (Å²) in [7, 11) is 1.57. The van der Waals surface area contributed by atoms with Crippen molar-refractivity contribution >= 4 is 23.2 Å². The molecule has 0 saturated carbocycles. The van der Waals surface area contributed by atoms with Crippen molar-refractivity contribution in [2.24, 2.45) is 5.92 Å². The molecule has 2 aromatic carbocycles. The van der Waals surface area contributed by atoms with Gasteiger partial charge in [0.05, 0.1) is 18.7 Å². The van der Waals surface area contributed by atoms with Crippen molar-refractivity contribution in [2.45, 2.75) is 19.8 Å². The average molecular weight is 338 g/mol. The number of nitrogens with one attached hydrogen (secondary N) is 1. The van der Waals surface area contributed by atoms with Crippen LogP contribution in [0, 0.1) is 5.92 Å². The van der Waals surface area contributed by atoms with Crippen molar-refractivity contribution in [1.29, 1.82) is 0 Å². The van der Waals surface area contributed by atoms with E-state index in [1.54, 1.807) is 12.0 Å². The van der Waals surface area contributed by atoms with Gasteiger partial charge in [-0.1, -0.05) is 31.2 Å². The lowest BCUT2D eigenvalue weighted by Crippen LogP contribution is -2.28. The van der Waals surface area contributed by atoms with Gasteiger partial charge in [-0.05, 0) is 36.2 Å². The number of hydrogen-bond donors (Lipinski definition) is 1. The van der Waals surface area contributed by atoms with E-state index in [2.05, 4.69) is 12.2 Å². The van der Waals surface area contributed by atoms with Crippen LogP contribution in [0.4, 0.5) is 11.4 Å². The van der Waals surface area contributed by atoms with Gasteiger partial charge in [0, 0.05) is 18.7 Å². The molecule has 1 aliphatic heterocycles. The van der Waals surface area contributed by atoms with Crippen LogP contribution in [-0.4, -0.2) is 25.5 Å². The summed E-state index contributed by atoms with van der Waals surface area (Å²) in [5, 5.41) is 2.91. The molecular formula is C20H22N2O3. The first-order valence-corrected chi connectivity index (χ1v) is 8.45. The van der Waals surface area contributed by atoms with E-state index < -0.39 is 0 Å². The summed E-state index contributed by atoms with van der Waals surface area (Å²) in [6, 6.07) is 15.1. The SMILES string of the molecule is CCc1ccc(NC(=O)[C@H]2CC(=O)N(c3ccccc3OC)C2)cc1. The third-order valence-corrected chi connectivity index (χ3v) is 4.50. The van der Waals surface area contributed by atoms with E-state index in [9.17, 15) is 9.59 Å². The van der Waals surface area contributed by atoms with Gasteiger partial charge in [-0.3, -0.25) is 9.59 Å². The minimum Gasteiger partial charge on any atom is -0.495 e. The second-order valence-corrected chi connectivity index (χ2v) is 6.12. The van der Waals surface area contributed by atoms with Crippen molar-refractivity contribution in [3.8, 4) is 5.75 Å². The summed E-state index contributed by atoms with van der Waals surface area (Å²) in [6.07, 6.45) is 1.16. The molecule has 5 heteroatoms. The second kappa shape index (κ2) is 7.38. The number of aryl methyl sites for hydroxylation is 1. The summed E-state index contributed by atoms with van der Waals surface area (Å²) in [5.74, 6) is 0.0660. The Morgan fingerprint density at radius 2 is 1.92 bits per heavy atom. The maximum Gasteiger partial charge on any atom is 0.229 e. The lowest BCUT2D eigenvalue weighted by atomic mass is 10.1. The van der Waals surface area contributed by atoms with Gasteiger partial charge in [0.25, 0.3) is 0 Å². The molecule has 130 valence electrons. The molecule has 0 aliphatic carbocycles. The van der Waals surface area contributed by atoms with Crippen LogP contribution >= 0.6 is 0 Å². The number of carbonyl (C=O) groups is 2. The minimum atomic E-state index is -0.372. The number of ether oxygens (including phenoxy) is 1. The third kappa shape index (κ3) is 3.65. The van der Waals surface area contributed by atoms with Crippen molar-refractivity contribution in [3.63, 3.8) is 0 Å². The highest BCUT2D eigenvalue weighted by atomic mass is 16.5. The normalized spacial score (nSPS) is 16.8. The predicted octanol–water partition coefficient (Wildman–Crippen LogP) is 3.25. The number of benzene rings is 2. The number of nitrogens with zero attached hydrogens (tertiary/aromatic N) is 1. The zero-order chi connectivity index (χ0) is 17.8. The van der Waals surface area contributed by atoms with Gasteiger partial charge >= 0.3 is 0 Å².